The molecule has 120 valence electrons. The highest BCUT2D eigenvalue weighted by Crippen LogP contribution is 2.11. The fraction of sp³-hybridized carbons (Fsp3) is 0.765. The fourth-order valence-electron chi connectivity index (χ4n) is 2.77. The molecule has 1 unspecified atom stereocenters. The van der Waals surface area contributed by atoms with E-state index in [2.05, 4.69) is 60.9 Å². The topological polar surface area (TPSA) is 29.4 Å². The largest absolute Gasteiger partial charge is 0.374 e. The number of nitrogens with one attached hydrogen (secondary N) is 1. The fourth-order valence-corrected chi connectivity index (χ4v) is 2.77. The molecule has 1 aromatic heterocycles. The van der Waals surface area contributed by atoms with E-state index < -0.39 is 0 Å². The van der Waals surface area contributed by atoms with Crippen LogP contribution in [0.2, 0.25) is 0 Å². The number of hydrogen-bond donors (Lipinski definition) is 1. The van der Waals surface area contributed by atoms with Crippen molar-refractivity contribution in [1.82, 2.24) is 14.8 Å². The lowest BCUT2D eigenvalue weighted by atomic mass is 10.2. The molecule has 0 spiro atoms. The average molecular weight is 293 g/mol. The maximum absolute atomic E-state index is 5.91. The minimum absolute atomic E-state index is 0.310. The normalized spacial score (nSPS) is 20.6. The van der Waals surface area contributed by atoms with E-state index in [1.807, 2.05) is 0 Å². The highest BCUT2D eigenvalue weighted by molar-refractivity contribution is 5.10. The summed E-state index contributed by atoms with van der Waals surface area (Å²) in [5, 5.41) is 3.49. The van der Waals surface area contributed by atoms with Crippen molar-refractivity contribution in [3.05, 3.63) is 24.0 Å². The molecule has 0 radical (unpaired) electrons. The predicted octanol–water partition coefficient (Wildman–Crippen LogP) is 2.34. The predicted molar refractivity (Wildman–Crippen MR) is 87.4 cm³/mol. The third kappa shape index (κ3) is 5.46. The molecule has 1 atom stereocenters. The van der Waals surface area contributed by atoms with Crippen LogP contribution in [-0.2, 0) is 17.8 Å². The molecule has 4 nitrogen and oxygen atoms in total. The zero-order valence-electron chi connectivity index (χ0n) is 14.0. The number of rotatable bonds is 7. The second-order valence-corrected chi connectivity index (χ2v) is 6.82. The SMILES string of the molecule is CC(C)CNCc1ccn(CC2CN(C(C)C)CCO2)c1. The molecule has 1 fully saturated rings. The second-order valence-electron chi connectivity index (χ2n) is 6.82. The Kier molecular flexibility index (Phi) is 6.27. The van der Waals surface area contributed by atoms with Gasteiger partial charge in [0, 0.05) is 44.6 Å². The smallest absolute Gasteiger partial charge is 0.0881 e. The highest BCUT2D eigenvalue weighted by Gasteiger charge is 2.22. The van der Waals surface area contributed by atoms with Crippen LogP contribution in [0.15, 0.2) is 18.5 Å². The number of morpholine rings is 1. The van der Waals surface area contributed by atoms with E-state index in [1.165, 1.54) is 5.56 Å². The third-order valence-electron chi connectivity index (χ3n) is 4.01. The van der Waals surface area contributed by atoms with Gasteiger partial charge in [-0.2, -0.15) is 0 Å². The Bertz CT molecular complexity index is 414. The molecule has 21 heavy (non-hydrogen) atoms. The van der Waals surface area contributed by atoms with Gasteiger partial charge in [0.25, 0.3) is 0 Å². The Morgan fingerprint density at radius 2 is 2.14 bits per heavy atom. The van der Waals surface area contributed by atoms with Gasteiger partial charge in [0.15, 0.2) is 0 Å². The standard InChI is InChI=1S/C17H31N3O/c1-14(2)9-18-10-16-5-6-19(11-16)12-17-13-20(15(3)4)7-8-21-17/h5-6,11,14-15,17-18H,7-10,12-13H2,1-4H3. The van der Waals surface area contributed by atoms with Gasteiger partial charge in [-0.25, -0.2) is 0 Å². The lowest BCUT2D eigenvalue weighted by molar-refractivity contribution is -0.0455. The van der Waals surface area contributed by atoms with Gasteiger partial charge in [0.2, 0.25) is 0 Å². The van der Waals surface area contributed by atoms with Crippen LogP contribution in [0.5, 0.6) is 0 Å². The Morgan fingerprint density at radius 3 is 2.86 bits per heavy atom. The first-order valence-electron chi connectivity index (χ1n) is 8.25. The number of aromatic nitrogens is 1. The van der Waals surface area contributed by atoms with Crippen molar-refractivity contribution in [3.8, 4) is 0 Å². The van der Waals surface area contributed by atoms with Crippen LogP contribution in [-0.4, -0.2) is 47.9 Å². The molecule has 0 aliphatic carbocycles. The Morgan fingerprint density at radius 1 is 1.33 bits per heavy atom. The monoisotopic (exact) mass is 293 g/mol. The first-order valence-corrected chi connectivity index (χ1v) is 8.25. The minimum Gasteiger partial charge on any atom is -0.374 e. The van der Waals surface area contributed by atoms with Crippen molar-refractivity contribution in [2.75, 3.05) is 26.2 Å². The number of hydrogen-bond acceptors (Lipinski definition) is 3. The Balaban J connectivity index is 1.79. The molecule has 1 N–H and O–H groups in total. The van der Waals surface area contributed by atoms with Gasteiger partial charge < -0.3 is 14.6 Å². The summed E-state index contributed by atoms with van der Waals surface area (Å²) < 4.78 is 8.17. The maximum atomic E-state index is 5.91. The summed E-state index contributed by atoms with van der Waals surface area (Å²) in [4.78, 5) is 2.50. The van der Waals surface area contributed by atoms with Crippen molar-refractivity contribution in [2.45, 2.75) is 52.9 Å². The molecule has 2 heterocycles. The zero-order chi connectivity index (χ0) is 15.2. The second kappa shape index (κ2) is 7.97. The van der Waals surface area contributed by atoms with Crippen molar-refractivity contribution in [1.29, 1.82) is 0 Å². The van der Waals surface area contributed by atoms with Gasteiger partial charge in [-0.15, -0.1) is 0 Å². The van der Waals surface area contributed by atoms with E-state index in [-0.39, 0.29) is 0 Å². The maximum Gasteiger partial charge on any atom is 0.0881 e. The molecule has 0 aromatic carbocycles. The van der Waals surface area contributed by atoms with Gasteiger partial charge in [0.05, 0.1) is 12.7 Å². The van der Waals surface area contributed by atoms with Gasteiger partial charge in [0.1, 0.15) is 0 Å². The minimum atomic E-state index is 0.310. The van der Waals surface area contributed by atoms with E-state index >= 15 is 0 Å². The van der Waals surface area contributed by atoms with Gasteiger partial charge in [-0.1, -0.05) is 13.8 Å². The average Bonchev–Trinajstić information content (AvgIpc) is 2.86. The molecule has 4 heteroatoms. The molecule has 1 aliphatic rings. The lowest BCUT2D eigenvalue weighted by Gasteiger charge is -2.35. The van der Waals surface area contributed by atoms with Crippen LogP contribution in [0, 0.1) is 5.92 Å². The first-order chi connectivity index (χ1) is 10.0. The molecule has 2 rings (SSSR count). The summed E-state index contributed by atoms with van der Waals surface area (Å²) in [6, 6.07) is 2.81. The molecule has 1 aromatic rings. The third-order valence-corrected chi connectivity index (χ3v) is 4.01. The summed E-state index contributed by atoms with van der Waals surface area (Å²) in [5.74, 6) is 0.699. The van der Waals surface area contributed by atoms with Crippen LogP contribution >= 0.6 is 0 Å². The summed E-state index contributed by atoms with van der Waals surface area (Å²) in [7, 11) is 0. The van der Waals surface area contributed by atoms with Crippen molar-refractivity contribution in [2.24, 2.45) is 5.92 Å². The van der Waals surface area contributed by atoms with Crippen molar-refractivity contribution in [3.63, 3.8) is 0 Å². The molecule has 0 saturated carbocycles. The van der Waals surface area contributed by atoms with E-state index in [0.717, 1.165) is 39.3 Å². The zero-order valence-corrected chi connectivity index (χ0v) is 14.0. The molecular weight excluding hydrogens is 262 g/mol. The van der Waals surface area contributed by atoms with Crippen LogP contribution in [0.25, 0.3) is 0 Å². The van der Waals surface area contributed by atoms with Crippen molar-refractivity contribution < 1.29 is 4.74 Å². The Labute approximate surface area is 129 Å². The molecule has 1 aliphatic heterocycles. The summed E-state index contributed by atoms with van der Waals surface area (Å²) in [6.07, 6.45) is 4.72. The van der Waals surface area contributed by atoms with E-state index in [0.29, 0.717) is 18.1 Å². The van der Waals surface area contributed by atoms with Crippen molar-refractivity contribution >= 4 is 0 Å². The highest BCUT2D eigenvalue weighted by atomic mass is 16.5. The van der Waals surface area contributed by atoms with Crippen LogP contribution in [0.4, 0.5) is 0 Å². The van der Waals surface area contributed by atoms with Crippen LogP contribution in [0.1, 0.15) is 33.3 Å². The summed E-state index contributed by atoms with van der Waals surface area (Å²) >= 11 is 0. The van der Waals surface area contributed by atoms with E-state index in [9.17, 15) is 0 Å². The molecule has 0 bridgehead atoms. The van der Waals surface area contributed by atoms with E-state index in [4.69, 9.17) is 4.74 Å². The summed E-state index contributed by atoms with van der Waals surface area (Å²) in [6.45, 7) is 14.9. The number of nitrogens with zero attached hydrogens (tertiary/aromatic N) is 2. The van der Waals surface area contributed by atoms with Gasteiger partial charge in [-0.3, -0.25) is 4.90 Å². The van der Waals surface area contributed by atoms with Gasteiger partial charge in [-0.05, 0) is 37.9 Å². The molecule has 0 amide bonds. The van der Waals surface area contributed by atoms with Gasteiger partial charge >= 0.3 is 0 Å². The summed E-state index contributed by atoms with van der Waals surface area (Å²) in [5.41, 5.74) is 1.35. The van der Waals surface area contributed by atoms with E-state index in [1.54, 1.807) is 0 Å². The molecule has 1 saturated heterocycles. The van der Waals surface area contributed by atoms with Crippen LogP contribution in [0.3, 0.4) is 0 Å². The quantitative estimate of drug-likeness (QED) is 0.837. The number of ether oxygens (including phenoxy) is 1. The lowest BCUT2D eigenvalue weighted by Crippen LogP contribution is -2.47. The molecular formula is C17H31N3O. The Hall–Kier alpha value is -0.840. The first kappa shape index (κ1) is 16.5. The van der Waals surface area contributed by atoms with Crippen LogP contribution < -0.4 is 5.32 Å².